The van der Waals surface area contributed by atoms with Crippen molar-refractivity contribution in [2.45, 2.75) is 18.8 Å². The highest BCUT2D eigenvalue weighted by molar-refractivity contribution is 14.0. The summed E-state index contributed by atoms with van der Waals surface area (Å²) in [6, 6.07) is 7.57. The molecular formula is C13H18BrF3IN3O. The molecule has 9 heteroatoms. The molecule has 0 saturated heterocycles. The van der Waals surface area contributed by atoms with E-state index >= 15 is 0 Å². The van der Waals surface area contributed by atoms with Gasteiger partial charge in [0.05, 0.1) is 6.54 Å². The van der Waals surface area contributed by atoms with Gasteiger partial charge in [-0.25, -0.2) is 0 Å². The van der Waals surface area contributed by atoms with Crippen molar-refractivity contribution < 1.29 is 18.3 Å². The number of rotatable bonds is 4. The van der Waals surface area contributed by atoms with Crippen molar-refractivity contribution in [3.63, 3.8) is 0 Å². The Bertz CT molecular complexity index is 482. The molecular weight excluding hydrogens is 478 g/mol. The highest BCUT2D eigenvalue weighted by Crippen LogP contribution is 2.19. The van der Waals surface area contributed by atoms with E-state index in [0.29, 0.717) is 6.54 Å². The topological polar surface area (TPSA) is 47.9 Å². The highest BCUT2D eigenvalue weighted by atomic mass is 127. The number of halogens is 5. The quantitative estimate of drug-likeness (QED) is 0.383. The maximum Gasteiger partial charge on any atom is 0.416 e. The van der Waals surface area contributed by atoms with Gasteiger partial charge in [-0.2, -0.15) is 13.2 Å². The van der Waals surface area contributed by atoms with Crippen LogP contribution in [0.3, 0.4) is 0 Å². The van der Waals surface area contributed by atoms with Crippen LogP contribution in [0, 0.1) is 0 Å². The molecule has 1 unspecified atom stereocenters. The SMILES string of the molecule is CN=C(NCC(O)C(F)(F)F)N(C)Cc1ccc(Br)cc1.I. The van der Waals surface area contributed by atoms with Gasteiger partial charge < -0.3 is 15.3 Å². The number of hydrogen-bond donors (Lipinski definition) is 2. The lowest BCUT2D eigenvalue weighted by Gasteiger charge is -2.24. The van der Waals surface area contributed by atoms with Gasteiger partial charge >= 0.3 is 6.18 Å². The molecule has 1 aromatic carbocycles. The monoisotopic (exact) mass is 495 g/mol. The minimum Gasteiger partial charge on any atom is -0.382 e. The first-order valence-corrected chi connectivity index (χ1v) is 6.94. The van der Waals surface area contributed by atoms with Gasteiger partial charge in [0.1, 0.15) is 0 Å². The number of aliphatic hydroxyl groups excluding tert-OH is 1. The van der Waals surface area contributed by atoms with Crippen LogP contribution >= 0.6 is 39.9 Å². The Hall–Kier alpha value is -0.550. The van der Waals surface area contributed by atoms with E-state index in [1.807, 2.05) is 24.3 Å². The van der Waals surface area contributed by atoms with E-state index in [0.717, 1.165) is 10.0 Å². The Morgan fingerprint density at radius 3 is 2.36 bits per heavy atom. The summed E-state index contributed by atoms with van der Waals surface area (Å²) in [4.78, 5) is 5.57. The van der Waals surface area contributed by atoms with Gasteiger partial charge in [0.15, 0.2) is 12.1 Å². The number of guanidine groups is 1. The first-order valence-electron chi connectivity index (χ1n) is 6.15. The molecule has 1 aromatic rings. The van der Waals surface area contributed by atoms with Crippen molar-refractivity contribution >= 4 is 45.9 Å². The third-order valence-electron chi connectivity index (χ3n) is 2.74. The summed E-state index contributed by atoms with van der Waals surface area (Å²) < 4.78 is 37.7. The largest absolute Gasteiger partial charge is 0.416 e. The van der Waals surface area contributed by atoms with Gasteiger partial charge in [-0.1, -0.05) is 28.1 Å². The molecule has 0 aliphatic carbocycles. The van der Waals surface area contributed by atoms with E-state index in [1.54, 1.807) is 11.9 Å². The second kappa shape index (κ2) is 9.56. The van der Waals surface area contributed by atoms with E-state index in [2.05, 4.69) is 26.2 Å². The lowest BCUT2D eigenvalue weighted by atomic mass is 10.2. The van der Waals surface area contributed by atoms with Crippen molar-refractivity contribution in [2.75, 3.05) is 20.6 Å². The van der Waals surface area contributed by atoms with Gasteiger partial charge in [0.2, 0.25) is 0 Å². The summed E-state index contributed by atoms with van der Waals surface area (Å²) >= 11 is 3.33. The summed E-state index contributed by atoms with van der Waals surface area (Å²) in [5.41, 5.74) is 0.986. The van der Waals surface area contributed by atoms with Crippen LogP contribution in [0.2, 0.25) is 0 Å². The van der Waals surface area contributed by atoms with Crippen LogP contribution in [0.1, 0.15) is 5.56 Å². The fourth-order valence-corrected chi connectivity index (χ4v) is 1.89. The van der Waals surface area contributed by atoms with Crippen molar-refractivity contribution in [1.29, 1.82) is 0 Å². The zero-order valence-corrected chi connectivity index (χ0v) is 16.0. The minimum atomic E-state index is -4.64. The molecule has 0 radical (unpaired) electrons. The molecule has 0 saturated carbocycles. The zero-order valence-electron chi connectivity index (χ0n) is 12.1. The van der Waals surface area contributed by atoms with E-state index in [-0.39, 0.29) is 29.9 Å². The molecule has 126 valence electrons. The zero-order chi connectivity index (χ0) is 16.0. The third kappa shape index (κ3) is 7.14. The molecule has 0 aromatic heterocycles. The van der Waals surface area contributed by atoms with Crippen LogP contribution < -0.4 is 5.32 Å². The predicted octanol–water partition coefficient (Wildman–Crippen LogP) is 3.00. The Morgan fingerprint density at radius 2 is 1.91 bits per heavy atom. The first kappa shape index (κ1) is 21.4. The van der Waals surface area contributed by atoms with Crippen molar-refractivity contribution in [3.8, 4) is 0 Å². The number of benzene rings is 1. The molecule has 4 nitrogen and oxygen atoms in total. The number of nitrogens with zero attached hydrogens (tertiary/aromatic N) is 2. The maximum absolute atomic E-state index is 12.2. The van der Waals surface area contributed by atoms with Gasteiger partial charge in [-0.15, -0.1) is 24.0 Å². The predicted molar refractivity (Wildman–Crippen MR) is 94.4 cm³/mol. The first-order chi connectivity index (χ1) is 9.74. The van der Waals surface area contributed by atoms with Crippen LogP contribution in [0.5, 0.6) is 0 Å². The molecule has 2 N–H and O–H groups in total. The van der Waals surface area contributed by atoms with Crippen molar-refractivity contribution in [3.05, 3.63) is 34.3 Å². The lowest BCUT2D eigenvalue weighted by molar-refractivity contribution is -0.201. The molecule has 1 atom stereocenters. The standard InChI is InChI=1S/C13H17BrF3N3O.HI/c1-18-12(19-7-11(21)13(15,16)17)20(2)8-9-3-5-10(14)6-4-9;/h3-6,11,21H,7-8H2,1-2H3,(H,18,19);1H. The average molecular weight is 496 g/mol. The molecule has 0 aliphatic heterocycles. The molecule has 0 fully saturated rings. The lowest BCUT2D eigenvalue weighted by Crippen LogP contribution is -2.45. The van der Waals surface area contributed by atoms with Gasteiger partial charge in [0.25, 0.3) is 0 Å². The Balaban J connectivity index is 0.00000441. The summed E-state index contributed by atoms with van der Waals surface area (Å²) in [7, 11) is 3.18. The number of aliphatic hydroxyl groups is 1. The molecule has 0 heterocycles. The fourth-order valence-electron chi connectivity index (χ4n) is 1.63. The van der Waals surface area contributed by atoms with E-state index in [1.165, 1.54) is 7.05 Å². The highest BCUT2D eigenvalue weighted by Gasteiger charge is 2.38. The number of aliphatic imine (C=N–C) groups is 1. The summed E-state index contributed by atoms with van der Waals surface area (Å²) in [6.45, 7) is -0.157. The van der Waals surface area contributed by atoms with E-state index in [4.69, 9.17) is 5.11 Å². The van der Waals surface area contributed by atoms with Crippen LogP contribution in [-0.2, 0) is 6.54 Å². The molecule has 0 aliphatic rings. The smallest absolute Gasteiger partial charge is 0.382 e. The Morgan fingerprint density at radius 1 is 1.36 bits per heavy atom. The molecule has 1 rings (SSSR count). The Labute approximate surface area is 152 Å². The second-order valence-corrected chi connectivity index (χ2v) is 5.38. The molecule has 0 bridgehead atoms. The third-order valence-corrected chi connectivity index (χ3v) is 3.27. The average Bonchev–Trinajstić information content (AvgIpc) is 2.40. The minimum absolute atomic E-state index is 0. The van der Waals surface area contributed by atoms with Gasteiger partial charge in [0, 0.05) is 25.1 Å². The second-order valence-electron chi connectivity index (χ2n) is 4.47. The number of hydrogen-bond acceptors (Lipinski definition) is 2. The van der Waals surface area contributed by atoms with Crippen LogP contribution in [0.25, 0.3) is 0 Å². The fraction of sp³-hybridized carbons (Fsp3) is 0.462. The van der Waals surface area contributed by atoms with Crippen molar-refractivity contribution in [1.82, 2.24) is 10.2 Å². The number of nitrogens with one attached hydrogen (secondary N) is 1. The number of alkyl halides is 3. The van der Waals surface area contributed by atoms with Crippen LogP contribution in [0.15, 0.2) is 33.7 Å². The normalized spacial score (nSPS) is 13.3. The summed E-state index contributed by atoms with van der Waals surface area (Å²) in [6.07, 6.45) is -7.06. The summed E-state index contributed by atoms with van der Waals surface area (Å²) in [5, 5.41) is 11.5. The molecule has 0 spiro atoms. The van der Waals surface area contributed by atoms with E-state index < -0.39 is 18.8 Å². The summed E-state index contributed by atoms with van der Waals surface area (Å²) in [5.74, 6) is 0.279. The van der Waals surface area contributed by atoms with Gasteiger partial charge in [-0.05, 0) is 17.7 Å². The molecule has 0 amide bonds. The van der Waals surface area contributed by atoms with Crippen LogP contribution in [-0.4, -0.2) is 48.9 Å². The Kier molecular flexibility index (Phi) is 9.32. The van der Waals surface area contributed by atoms with Gasteiger partial charge in [-0.3, -0.25) is 4.99 Å². The van der Waals surface area contributed by atoms with Crippen molar-refractivity contribution in [2.24, 2.45) is 4.99 Å². The van der Waals surface area contributed by atoms with E-state index in [9.17, 15) is 13.2 Å². The molecule has 22 heavy (non-hydrogen) atoms. The van der Waals surface area contributed by atoms with Crippen LogP contribution in [0.4, 0.5) is 13.2 Å². The maximum atomic E-state index is 12.2.